The Bertz CT molecular complexity index is 450. The normalized spacial score (nSPS) is 25.9. The quantitative estimate of drug-likeness (QED) is 0.845. The fraction of sp³-hybridized carbons (Fsp3) is 0.533. The van der Waals surface area contributed by atoms with Crippen LogP contribution in [0.4, 0.5) is 4.79 Å². The topological polar surface area (TPSA) is 53.6 Å². The number of ether oxygens (including phenoxy) is 1. The fourth-order valence-corrected chi connectivity index (χ4v) is 2.92. The number of benzene rings is 1. The molecule has 1 aromatic rings. The van der Waals surface area contributed by atoms with Crippen molar-refractivity contribution in [3.8, 4) is 0 Å². The lowest BCUT2D eigenvalue weighted by atomic mass is 10.0. The second kappa shape index (κ2) is 6.24. The number of nitrogens with zero attached hydrogens (tertiary/aromatic N) is 1. The number of rotatable bonds is 2. The molecule has 5 nitrogen and oxygen atoms in total. The number of fused-ring (bicyclic) bond motifs is 1. The molecule has 2 amide bonds. The van der Waals surface area contributed by atoms with Gasteiger partial charge >= 0.3 is 6.03 Å². The van der Waals surface area contributed by atoms with Crippen LogP contribution in [0, 0.1) is 0 Å². The van der Waals surface area contributed by atoms with Crippen LogP contribution in [0.3, 0.4) is 0 Å². The van der Waals surface area contributed by atoms with Crippen molar-refractivity contribution in [3.63, 3.8) is 0 Å². The van der Waals surface area contributed by atoms with Crippen LogP contribution in [-0.4, -0.2) is 49.3 Å². The molecule has 0 aliphatic carbocycles. The molecule has 2 aliphatic rings. The first-order valence-corrected chi connectivity index (χ1v) is 7.25. The molecule has 2 fully saturated rings. The van der Waals surface area contributed by atoms with Crippen LogP contribution in [0.2, 0.25) is 0 Å². The lowest BCUT2D eigenvalue weighted by Crippen LogP contribution is -2.62. The zero-order valence-electron chi connectivity index (χ0n) is 11.5. The maximum Gasteiger partial charge on any atom is 0.318 e. The summed E-state index contributed by atoms with van der Waals surface area (Å²) in [7, 11) is 0. The van der Waals surface area contributed by atoms with Gasteiger partial charge in [-0.05, 0) is 18.5 Å². The Kier molecular flexibility index (Phi) is 4.18. The van der Waals surface area contributed by atoms with Crippen LogP contribution in [0.1, 0.15) is 12.0 Å². The average molecular weight is 275 g/mol. The number of nitrogens with one attached hydrogen (secondary N) is 2. The lowest BCUT2D eigenvalue weighted by molar-refractivity contribution is -0.0656. The molecule has 2 saturated heterocycles. The van der Waals surface area contributed by atoms with E-state index in [0.29, 0.717) is 19.7 Å². The number of piperidine rings is 1. The summed E-state index contributed by atoms with van der Waals surface area (Å²) >= 11 is 0. The molecule has 0 saturated carbocycles. The maximum atomic E-state index is 12.4. The molecule has 3 rings (SSSR count). The van der Waals surface area contributed by atoms with Crippen LogP contribution in [0.5, 0.6) is 0 Å². The van der Waals surface area contributed by atoms with Crippen LogP contribution >= 0.6 is 0 Å². The monoisotopic (exact) mass is 275 g/mol. The Hall–Kier alpha value is -1.59. The van der Waals surface area contributed by atoms with Gasteiger partial charge in [0.25, 0.3) is 0 Å². The molecule has 2 heterocycles. The number of carbonyl (C=O) groups is 1. The minimum atomic E-state index is 0.0100. The summed E-state index contributed by atoms with van der Waals surface area (Å²) in [5.41, 5.74) is 1.12. The van der Waals surface area contributed by atoms with E-state index in [2.05, 4.69) is 10.6 Å². The molecular formula is C15H21N3O2. The molecule has 2 atom stereocenters. The van der Waals surface area contributed by atoms with Crippen molar-refractivity contribution < 1.29 is 9.53 Å². The van der Waals surface area contributed by atoms with Crippen molar-refractivity contribution in [2.45, 2.75) is 25.1 Å². The van der Waals surface area contributed by atoms with Gasteiger partial charge in [-0.1, -0.05) is 30.3 Å². The van der Waals surface area contributed by atoms with Crippen LogP contribution < -0.4 is 10.6 Å². The van der Waals surface area contributed by atoms with E-state index in [-0.39, 0.29) is 18.2 Å². The van der Waals surface area contributed by atoms with Gasteiger partial charge in [-0.25, -0.2) is 4.79 Å². The molecular weight excluding hydrogens is 254 g/mol. The Morgan fingerprint density at radius 2 is 2.25 bits per heavy atom. The Morgan fingerprint density at radius 1 is 1.40 bits per heavy atom. The zero-order valence-corrected chi connectivity index (χ0v) is 11.5. The van der Waals surface area contributed by atoms with Gasteiger partial charge < -0.3 is 20.3 Å². The summed E-state index contributed by atoms with van der Waals surface area (Å²) in [6.45, 7) is 3.68. The van der Waals surface area contributed by atoms with E-state index in [1.165, 1.54) is 0 Å². The predicted octanol–water partition coefficient (Wildman–Crippen LogP) is 0.959. The van der Waals surface area contributed by atoms with E-state index >= 15 is 0 Å². The molecule has 2 N–H and O–H groups in total. The van der Waals surface area contributed by atoms with E-state index in [1.807, 2.05) is 35.2 Å². The summed E-state index contributed by atoms with van der Waals surface area (Å²) in [6, 6.07) is 10.2. The second-order valence-corrected chi connectivity index (χ2v) is 5.31. The van der Waals surface area contributed by atoms with Crippen molar-refractivity contribution in [3.05, 3.63) is 35.9 Å². The van der Waals surface area contributed by atoms with Gasteiger partial charge in [0.1, 0.15) is 0 Å². The van der Waals surface area contributed by atoms with Crippen molar-refractivity contribution in [1.82, 2.24) is 15.5 Å². The van der Waals surface area contributed by atoms with Crippen molar-refractivity contribution in [2.75, 3.05) is 26.2 Å². The standard InChI is InChI=1S/C15H21N3O2/c19-15(17-10-12-4-2-1-3-5-12)18-8-9-20-14-6-7-16-11-13(14)18/h1-5,13-14,16H,6-11H2,(H,17,19). The average Bonchev–Trinajstić information content (AvgIpc) is 2.53. The van der Waals surface area contributed by atoms with E-state index < -0.39 is 0 Å². The Morgan fingerprint density at radius 3 is 3.10 bits per heavy atom. The molecule has 0 bridgehead atoms. The van der Waals surface area contributed by atoms with E-state index in [0.717, 1.165) is 25.1 Å². The highest BCUT2D eigenvalue weighted by Crippen LogP contribution is 2.19. The molecule has 108 valence electrons. The molecule has 2 unspecified atom stereocenters. The summed E-state index contributed by atoms with van der Waals surface area (Å²) in [4.78, 5) is 14.3. The van der Waals surface area contributed by atoms with Gasteiger partial charge in [0.2, 0.25) is 0 Å². The molecule has 20 heavy (non-hydrogen) atoms. The number of hydrogen-bond acceptors (Lipinski definition) is 3. The largest absolute Gasteiger partial charge is 0.374 e. The van der Waals surface area contributed by atoms with Gasteiger partial charge in [-0.2, -0.15) is 0 Å². The van der Waals surface area contributed by atoms with Gasteiger partial charge in [0, 0.05) is 19.6 Å². The number of hydrogen-bond donors (Lipinski definition) is 2. The number of morpholine rings is 1. The summed E-state index contributed by atoms with van der Waals surface area (Å²) in [6.07, 6.45) is 1.17. The van der Waals surface area contributed by atoms with E-state index in [9.17, 15) is 4.79 Å². The first kappa shape index (κ1) is 13.4. The third-order valence-electron chi connectivity index (χ3n) is 4.00. The first-order chi connectivity index (χ1) is 9.84. The second-order valence-electron chi connectivity index (χ2n) is 5.31. The SMILES string of the molecule is O=C(NCc1ccccc1)N1CCOC2CCNCC21. The van der Waals surface area contributed by atoms with Gasteiger partial charge in [0.05, 0.1) is 18.8 Å². The highest BCUT2D eigenvalue weighted by atomic mass is 16.5. The molecule has 2 aliphatic heterocycles. The summed E-state index contributed by atoms with van der Waals surface area (Å²) in [5.74, 6) is 0. The molecule has 0 spiro atoms. The third kappa shape index (κ3) is 2.94. The first-order valence-electron chi connectivity index (χ1n) is 7.25. The van der Waals surface area contributed by atoms with Crippen molar-refractivity contribution in [2.24, 2.45) is 0 Å². The van der Waals surface area contributed by atoms with Crippen LogP contribution in [0.15, 0.2) is 30.3 Å². The van der Waals surface area contributed by atoms with Crippen molar-refractivity contribution >= 4 is 6.03 Å². The Balaban J connectivity index is 1.58. The van der Waals surface area contributed by atoms with Gasteiger partial charge in [0.15, 0.2) is 0 Å². The van der Waals surface area contributed by atoms with Crippen LogP contribution in [0.25, 0.3) is 0 Å². The molecule has 5 heteroatoms. The van der Waals surface area contributed by atoms with E-state index in [1.54, 1.807) is 0 Å². The van der Waals surface area contributed by atoms with Gasteiger partial charge in [-0.15, -0.1) is 0 Å². The number of amides is 2. The highest BCUT2D eigenvalue weighted by Gasteiger charge is 2.36. The van der Waals surface area contributed by atoms with Gasteiger partial charge in [-0.3, -0.25) is 0 Å². The van der Waals surface area contributed by atoms with Crippen LogP contribution in [-0.2, 0) is 11.3 Å². The number of carbonyl (C=O) groups excluding carboxylic acids is 1. The van der Waals surface area contributed by atoms with E-state index in [4.69, 9.17) is 4.74 Å². The Labute approximate surface area is 119 Å². The predicted molar refractivity (Wildman–Crippen MR) is 76.4 cm³/mol. The highest BCUT2D eigenvalue weighted by molar-refractivity contribution is 5.74. The summed E-state index contributed by atoms with van der Waals surface area (Å²) in [5, 5.41) is 6.35. The van der Waals surface area contributed by atoms with Crippen molar-refractivity contribution in [1.29, 1.82) is 0 Å². The fourth-order valence-electron chi connectivity index (χ4n) is 2.92. The summed E-state index contributed by atoms with van der Waals surface area (Å²) < 4.78 is 5.76. The molecule has 1 aromatic carbocycles. The smallest absolute Gasteiger partial charge is 0.318 e. The minimum absolute atomic E-state index is 0.0100. The number of urea groups is 1. The minimum Gasteiger partial charge on any atom is -0.374 e. The molecule has 0 aromatic heterocycles. The third-order valence-corrected chi connectivity index (χ3v) is 4.00. The lowest BCUT2D eigenvalue weighted by Gasteiger charge is -2.43. The maximum absolute atomic E-state index is 12.4. The zero-order chi connectivity index (χ0) is 13.8. The molecule has 0 radical (unpaired) electrons.